The van der Waals surface area contributed by atoms with Crippen LogP contribution in [0.3, 0.4) is 0 Å². The molecule has 1 fully saturated rings. The van der Waals surface area contributed by atoms with Crippen LogP contribution in [0.25, 0.3) is 0 Å². The monoisotopic (exact) mass is 334 g/mol. The number of aromatic nitrogens is 1. The number of sulfonamides is 1. The first-order valence-electron chi connectivity index (χ1n) is 5.76. The maximum atomic E-state index is 11.9. The van der Waals surface area contributed by atoms with Crippen LogP contribution in [0.15, 0.2) is 27.8 Å². The van der Waals surface area contributed by atoms with Crippen LogP contribution in [0.1, 0.15) is 12.8 Å². The lowest BCUT2D eigenvalue weighted by Crippen LogP contribution is -2.27. The highest BCUT2D eigenvalue weighted by molar-refractivity contribution is 9.10. The van der Waals surface area contributed by atoms with Crippen molar-refractivity contribution < 1.29 is 13.2 Å². The van der Waals surface area contributed by atoms with Crippen LogP contribution in [0.5, 0.6) is 0 Å². The van der Waals surface area contributed by atoms with Gasteiger partial charge in [0.2, 0.25) is 10.0 Å². The van der Waals surface area contributed by atoms with Gasteiger partial charge in [0.15, 0.2) is 0 Å². The van der Waals surface area contributed by atoms with E-state index in [0.717, 1.165) is 6.61 Å². The van der Waals surface area contributed by atoms with E-state index in [1.807, 2.05) is 0 Å². The van der Waals surface area contributed by atoms with Gasteiger partial charge in [-0.05, 0) is 40.8 Å². The lowest BCUT2D eigenvalue weighted by atomic mass is 10.5. The smallest absolute Gasteiger partial charge is 0.242 e. The summed E-state index contributed by atoms with van der Waals surface area (Å²) in [7, 11) is -3.49. The van der Waals surface area contributed by atoms with Gasteiger partial charge in [-0.25, -0.2) is 13.1 Å². The normalized spacial score (nSPS) is 15.8. The number of pyridine rings is 1. The molecule has 0 aliphatic heterocycles. The van der Waals surface area contributed by atoms with Gasteiger partial charge in [0.1, 0.15) is 4.90 Å². The van der Waals surface area contributed by atoms with Crippen LogP contribution in [0, 0.1) is 5.92 Å². The van der Waals surface area contributed by atoms with E-state index >= 15 is 0 Å². The average Bonchev–Trinajstić information content (AvgIpc) is 3.12. The van der Waals surface area contributed by atoms with Crippen molar-refractivity contribution in [2.75, 3.05) is 19.8 Å². The second-order valence-corrected chi connectivity index (χ2v) is 6.94. The largest absolute Gasteiger partial charge is 0.380 e. The molecule has 5 nitrogen and oxygen atoms in total. The van der Waals surface area contributed by atoms with Crippen molar-refractivity contribution in [3.05, 3.63) is 22.9 Å². The minimum atomic E-state index is -3.49. The van der Waals surface area contributed by atoms with E-state index < -0.39 is 10.0 Å². The van der Waals surface area contributed by atoms with Crippen molar-refractivity contribution in [2.24, 2.45) is 5.92 Å². The Balaban J connectivity index is 1.79. The lowest BCUT2D eigenvalue weighted by Gasteiger charge is -2.07. The van der Waals surface area contributed by atoms with Crippen molar-refractivity contribution in [1.82, 2.24) is 9.71 Å². The zero-order valence-electron chi connectivity index (χ0n) is 9.80. The summed E-state index contributed by atoms with van der Waals surface area (Å²) in [6.07, 6.45) is 5.32. The SMILES string of the molecule is O=S(=O)(NCCOCC1CC1)c1cncc(Br)c1. The molecule has 0 radical (unpaired) electrons. The second kappa shape index (κ2) is 6.10. The molecule has 1 heterocycles. The summed E-state index contributed by atoms with van der Waals surface area (Å²) in [4.78, 5) is 3.98. The molecular formula is C11H15BrN2O3S. The molecule has 7 heteroatoms. The number of ether oxygens (including phenoxy) is 1. The van der Waals surface area contributed by atoms with E-state index in [9.17, 15) is 8.42 Å². The first kappa shape index (κ1) is 13.9. The molecular weight excluding hydrogens is 320 g/mol. The summed E-state index contributed by atoms with van der Waals surface area (Å²) >= 11 is 3.19. The number of halogens is 1. The Morgan fingerprint density at radius 1 is 1.44 bits per heavy atom. The van der Waals surface area contributed by atoms with E-state index in [1.54, 1.807) is 0 Å². The van der Waals surface area contributed by atoms with Gasteiger partial charge >= 0.3 is 0 Å². The Hall–Kier alpha value is -0.500. The van der Waals surface area contributed by atoms with E-state index in [-0.39, 0.29) is 11.4 Å². The van der Waals surface area contributed by atoms with Crippen LogP contribution >= 0.6 is 15.9 Å². The second-order valence-electron chi connectivity index (χ2n) is 4.25. The van der Waals surface area contributed by atoms with Gasteiger partial charge in [0.25, 0.3) is 0 Å². The fraction of sp³-hybridized carbons (Fsp3) is 0.545. The van der Waals surface area contributed by atoms with Crippen molar-refractivity contribution in [2.45, 2.75) is 17.7 Å². The van der Waals surface area contributed by atoms with Crippen LogP contribution in [0.2, 0.25) is 0 Å². The Morgan fingerprint density at radius 3 is 2.89 bits per heavy atom. The van der Waals surface area contributed by atoms with Gasteiger partial charge in [-0.2, -0.15) is 0 Å². The molecule has 1 aromatic heterocycles. The quantitative estimate of drug-likeness (QED) is 0.768. The molecule has 100 valence electrons. The topological polar surface area (TPSA) is 68.3 Å². The molecule has 0 saturated heterocycles. The molecule has 18 heavy (non-hydrogen) atoms. The molecule has 0 unspecified atom stereocenters. The number of rotatable bonds is 7. The Kier molecular flexibility index (Phi) is 4.71. The Bertz CT molecular complexity index is 503. The van der Waals surface area contributed by atoms with Gasteiger partial charge < -0.3 is 4.74 Å². The molecule has 2 rings (SSSR count). The summed E-state index contributed by atoms with van der Waals surface area (Å²) in [5, 5.41) is 0. The molecule has 1 aromatic rings. The predicted molar refractivity (Wildman–Crippen MR) is 70.7 cm³/mol. The zero-order valence-corrected chi connectivity index (χ0v) is 12.2. The van der Waals surface area contributed by atoms with Gasteiger partial charge in [-0.3, -0.25) is 4.98 Å². The van der Waals surface area contributed by atoms with E-state index in [2.05, 4.69) is 25.6 Å². The van der Waals surface area contributed by atoms with Gasteiger partial charge in [0, 0.05) is 30.0 Å². The third-order valence-corrected chi connectivity index (χ3v) is 4.44. The molecule has 1 aliphatic carbocycles. The predicted octanol–water partition coefficient (Wildman–Crippen LogP) is 1.55. The maximum absolute atomic E-state index is 11.9. The minimum absolute atomic E-state index is 0.152. The first-order chi connectivity index (χ1) is 8.58. The van der Waals surface area contributed by atoms with Gasteiger partial charge in [-0.15, -0.1) is 0 Å². The Morgan fingerprint density at radius 2 is 2.22 bits per heavy atom. The number of nitrogens with zero attached hydrogens (tertiary/aromatic N) is 1. The molecule has 0 amide bonds. The molecule has 1 aliphatic rings. The van der Waals surface area contributed by atoms with Crippen molar-refractivity contribution >= 4 is 26.0 Å². The van der Waals surface area contributed by atoms with Crippen molar-refractivity contribution in [3.63, 3.8) is 0 Å². The maximum Gasteiger partial charge on any atom is 0.242 e. The Labute approximate surface area is 115 Å². The highest BCUT2D eigenvalue weighted by Crippen LogP contribution is 2.28. The standard InChI is InChI=1S/C11H15BrN2O3S/c12-10-5-11(7-13-6-10)18(15,16)14-3-4-17-8-9-1-2-9/h5-7,9,14H,1-4,8H2. The molecule has 0 atom stereocenters. The van der Waals surface area contributed by atoms with Crippen LogP contribution in [-0.2, 0) is 14.8 Å². The van der Waals surface area contributed by atoms with Crippen LogP contribution < -0.4 is 4.72 Å². The fourth-order valence-corrected chi connectivity index (χ4v) is 2.92. The highest BCUT2D eigenvalue weighted by atomic mass is 79.9. The van der Waals surface area contributed by atoms with Gasteiger partial charge in [0.05, 0.1) is 6.61 Å². The third kappa shape index (κ3) is 4.31. The molecule has 0 aromatic carbocycles. The van der Waals surface area contributed by atoms with Crippen LogP contribution in [-0.4, -0.2) is 33.2 Å². The molecule has 1 saturated carbocycles. The summed E-state index contributed by atoms with van der Waals surface area (Å²) in [6, 6.07) is 1.51. The average molecular weight is 335 g/mol. The molecule has 0 spiro atoms. The van der Waals surface area contributed by atoms with Crippen LogP contribution in [0.4, 0.5) is 0 Å². The fourth-order valence-electron chi connectivity index (χ4n) is 1.41. The number of nitrogens with one attached hydrogen (secondary N) is 1. The number of hydrogen-bond acceptors (Lipinski definition) is 4. The van der Waals surface area contributed by atoms with E-state index in [1.165, 1.54) is 31.3 Å². The summed E-state index contributed by atoms with van der Waals surface area (Å²) < 4.78 is 32.2. The van der Waals surface area contributed by atoms with E-state index in [0.29, 0.717) is 17.0 Å². The van der Waals surface area contributed by atoms with Gasteiger partial charge in [-0.1, -0.05) is 0 Å². The molecule has 0 bridgehead atoms. The molecule has 1 N–H and O–H groups in total. The lowest BCUT2D eigenvalue weighted by molar-refractivity contribution is 0.129. The summed E-state index contributed by atoms with van der Waals surface area (Å²) in [5.41, 5.74) is 0. The zero-order chi connectivity index (χ0) is 13.0. The summed E-state index contributed by atoms with van der Waals surface area (Å²) in [5.74, 6) is 0.691. The van der Waals surface area contributed by atoms with E-state index in [4.69, 9.17) is 4.74 Å². The van der Waals surface area contributed by atoms with Crippen molar-refractivity contribution in [3.8, 4) is 0 Å². The minimum Gasteiger partial charge on any atom is -0.380 e. The highest BCUT2D eigenvalue weighted by Gasteiger charge is 2.21. The first-order valence-corrected chi connectivity index (χ1v) is 8.03. The summed E-state index contributed by atoms with van der Waals surface area (Å²) in [6.45, 7) is 1.42. The third-order valence-electron chi connectivity index (χ3n) is 2.58. The van der Waals surface area contributed by atoms with Crippen molar-refractivity contribution in [1.29, 1.82) is 0 Å². The number of hydrogen-bond donors (Lipinski definition) is 1.